The van der Waals surface area contributed by atoms with Crippen molar-refractivity contribution in [3.63, 3.8) is 0 Å². The molecular weight excluding hydrogens is 262 g/mol. The number of urea groups is 1. The van der Waals surface area contributed by atoms with Gasteiger partial charge in [-0.3, -0.25) is 9.69 Å². The first-order valence-electron chi connectivity index (χ1n) is 7.17. The zero-order valence-corrected chi connectivity index (χ0v) is 12.1. The minimum Gasteiger partial charge on any atom is -0.480 e. The summed E-state index contributed by atoms with van der Waals surface area (Å²) in [5.41, 5.74) is 0. The molecule has 7 heteroatoms. The maximum atomic E-state index is 12.4. The number of aliphatic hydroxyl groups is 1. The van der Waals surface area contributed by atoms with E-state index in [4.69, 9.17) is 10.2 Å². The van der Waals surface area contributed by atoms with Crippen molar-refractivity contribution in [3.05, 3.63) is 0 Å². The van der Waals surface area contributed by atoms with Crippen LogP contribution in [0.3, 0.4) is 0 Å². The molecule has 1 saturated heterocycles. The van der Waals surface area contributed by atoms with E-state index in [1.54, 1.807) is 9.80 Å². The normalized spacial score (nSPS) is 16.8. The van der Waals surface area contributed by atoms with Crippen LogP contribution in [-0.2, 0) is 4.79 Å². The molecule has 1 rings (SSSR count). The highest BCUT2D eigenvalue weighted by molar-refractivity contribution is 5.74. The van der Waals surface area contributed by atoms with E-state index in [2.05, 4.69) is 0 Å². The van der Waals surface area contributed by atoms with Crippen LogP contribution in [0.5, 0.6) is 0 Å². The summed E-state index contributed by atoms with van der Waals surface area (Å²) in [6, 6.07) is -0.0156. The molecule has 0 aromatic rings. The Hall–Kier alpha value is -1.34. The molecule has 0 unspecified atom stereocenters. The summed E-state index contributed by atoms with van der Waals surface area (Å²) in [6.07, 6.45) is 1.37. The van der Waals surface area contributed by atoms with Crippen molar-refractivity contribution < 1.29 is 19.8 Å². The van der Waals surface area contributed by atoms with Gasteiger partial charge in [-0.05, 0) is 19.8 Å². The van der Waals surface area contributed by atoms with Gasteiger partial charge in [0.15, 0.2) is 0 Å². The number of aliphatic carboxylic acids is 1. The van der Waals surface area contributed by atoms with Gasteiger partial charge >= 0.3 is 12.0 Å². The summed E-state index contributed by atoms with van der Waals surface area (Å²) >= 11 is 0. The largest absolute Gasteiger partial charge is 0.480 e. The Morgan fingerprint density at radius 3 is 2.55 bits per heavy atom. The van der Waals surface area contributed by atoms with Gasteiger partial charge in [-0.15, -0.1) is 0 Å². The van der Waals surface area contributed by atoms with Gasteiger partial charge in [0.1, 0.15) is 0 Å². The van der Waals surface area contributed by atoms with Crippen molar-refractivity contribution >= 4 is 12.0 Å². The molecule has 116 valence electrons. The molecule has 1 fully saturated rings. The highest BCUT2D eigenvalue weighted by Crippen LogP contribution is 2.07. The maximum absolute atomic E-state index is 12.4. The van der Waals surface area contributed by atoms with Crippen molar-refractivity contribution in [2.45, 2.75) is 19.8 Å². The van der Waals surface area contributed by atoms with Gasteiger partial charge in [0.2, 0.25) is 0 Å². The van der Waals surface area contributed by atoms with Crippen LogP contribution in [0.4, 0.5) is 4.79 Å². The molecule has 2 amide bonds. The Balaban J connectivity index is 2.50. The summed E-state index contributed by atoms with van der Waals surface area (Å²) in [6.45, 7) is 5.72. The lowest BCUT2D eigenvalue weighted by atomic mass is 10.3. The second-order valence-electron chi connectivity index (χ2n) is 4.95. The van der Waals surface area contributed by atoms with E-state index in [-0.39, 0.29) is 19.2 Å². The van der Waals surface area contributed by atoms with Gasteiger partial charge < -0.3 is 20.0 Å². The van der Waals surface area contributed by atoms with Crippen LogP contribution in [0.1, 0.15) is 19.8 Å². The van der Waals surface area contributed by atoms with Crippen molar-refractivity contribution in [2.24, 2.45) is 0 Å². The number of carboxylic acid groups (broad SMARTS) is 1. The van der Waals surface area contributed by atoms with Crippen LogP contribution in [0, 0.1) is 0 Å². The number of carbonyl (C=O) groups is 2. The minimum atomic E-state index is -0.831. The van der Waals surface area contributed by atoms with E-state index < -0.39 is 5.97 Å². The summed E-state index contributed by atoms with van der Waals surface area (Å²) < 4.78 is 0. The van der Waals surface area contributed by atoms with E-state index in [1.165, 1.54) is 0 Å². The Labute approximate surface area is 119 Å². The lowest BCUT2D eigenvalue weighted by molar-refractivity contribution is -0.138. The lowest BCUT2D eigenvalue weighted by Crippen LogP contribution is -2.45. The van der Waals surface area contributed by atoms with Gasteiger partial charge in [-0.2, -0.15) is 0 Å². The molecule has 0 spiro atoms. The van der Waals surface area contributed by atoms with Crippen molar-refractivity contribution in [2.75, 3.05) is 52.4 Å². The third-order valence-corrected chi connectivity index (χ3v) is 3.46. The number of carbonyl (C=O) groups excluding carboxylic acids is 1. The monoisotopic (exact) mass is 287 g/mol. The fourth-order valence-electron chi connectivity index (χ4n) is 2.36. The van der Waals surface area contributed by atoms with E-state index >= 15 is 0 Å². The third kappa shape index (κ3) is 5.34. The molecule has 1 aliphatic rings. The molecule has 20 heavy (non-hydrogen) atoms. The molecule has 1 aliphatic heterocycles. The average molecular weight is 287 g/mol. The van der Waals surface area contributed by atoms with Crippen LogP contribution in [0.25, 0.3) is 0 Å². The van der Waals surface area contributed by atoms with Gasteiger partial charge in [0, 0.05) is 45.9 Å². The first-order valence-corrected chi connectivity index (χ1v) is 7.17. The predicted molar refractivity (Wildman–Crippen MR) is 74.6 cm³/mol. The number of rotatable bonds is 6. The summed E-state index contributed by atoms with van der Waals surface area (Å²) in [7, 11) is 0. The fourth-order valence-corrected chi connectivity index (χ4v) is 2.36. The second-order valence-corrected chi connectivity index (χ2v) is 4.95. The molecule has 0 aromatic carbocycles. The molecule has 0 radical (unpaired) electrons. The van der Waals surface area contributed by atoms with Gasteiger partial charge in [0.05, 0.1) is 6.54 Å². The Bertz CT molecular complexity index is 325. The third-order valence-electron chi connectivity index (χ3n) is 3.46. The minimum absolute atomic E-state index is 0.0156. The first-order chi connectivity index (χ1) is 9.58. The molecule has 0 atom stereocenters. The SMILES string of the molecule is CCN(CCCO)C(=O)N1CCCN(CC(=O)O)CC1. The molecular formula is C13H25N3O4. The maximum Gasteiger partial charge on any atom is 0.320 e. The standard InChI is InChI=1S/C13H25N3O4/c1-2-15(7-4-10-17)13(20)16-6-3-5-14(8-9-16)11-12(18)19/h17H,2-11H2,1H3,(H,18,19). The Kier molecular flexibility index (Phi) is 7.32. The molecule has 0 aromatic heterocycles. The molecule has 0 bridgehead atoms. The topological polar surface area (TPSA) is 84.3 Å². The predicted octanol–water partition coefficient (Wildman–Crippen LogP) is -0.0970. The van der Waals surface area contributed by atoms with Crippen LogP contribution < -0.4 is 0 Å². The molecule has 0 aliphatic carbocycles. The Morgan fingerprint density at radius 1 is 1.20 bits per heavy atom. The number of hydrogen-bond donors (Lipinski definition) is 2. The summed E-state index contributed by atoms with van der Waals surface area (Å²) in [5.74, 6) is -0.831. The fraction of sp³-hybridized carbons (Fsp3) is 0.846. The molecule has 7 nitrogen and oxygen atoms in total. The van der Waals surface area contributed by atoms with Crippen molar-refractivity contribution in [1.82, 2.24) is 14.7 Å². The van der Waals surface area contributed by atoms with E-state index in [9.17, 15) is 9.59 Å². The number of hydrogen-bond acceptors (Lipinski definition) is 4. The zero-order chi connectivity index (χ0) is 15.0. The first kappa shape index (κ1) is 16.7. The molecule has 0 saturated carbocycles. The van der Waals surface area contributed by atoms with Crippen LogP contribution >= 0.6 is 0 Å². The van der Waals surface area contributed by atoms with E-state index in [1.807, 2.05) is 11.8 Å². The van der Waals surface area contributed by atoms with Gasteiger partial charge in [-0.25, -0.2) is 4.79 Å². The van der Waals surface area contributed by atoms with E-state index in [0.717, 1.165) is 6.42 Å². The zero-order valence-electron chi connectivity index (χ0n) is 12.1. The van der Waals surface area contributed by atoms with Gasteiger partial charge in [0.25, 0.3) is 0 Å². The number of amides is 2. The molecule has 2 N–H and O–H groups in total. The number of nitrogens with zero attached hydrogens (tertiary/aromatic N) is 3. The summed E-state index contributed by atoms with van der Waals surface area (Å²) in [5, 5.41) is 17.7. The quantitative estimate of drug-likeness (QED) is 0.713. The Morgan fingerprint density at radius 2 is 1.95 bits per heavy atom. The van der Waals surface area contributed by atoms with Gasteiger partial charge in [-0.1, -0.05) is 0 Å². The number of aliphatic hydroxyl groups excluding tert-OH is 1. The average Bonchev–Trinajstić information content (AvgIpc) is 2.64. The van der Waals surface area contributed by atoms with Crippen LogP contribution in [0.2, 0.25) is 0 Å². The smallest absolute Gasteiger partial charge is 0.320 e. The number of carboxylic acids is 1. The van der Waals surface area contributed by atoms with Crippen LogP contribution in [-0.4, -0.2) is 89.3 Å². The lowest BCUT2D eigenvalue weighted by Gasteiger charge is -2.29. The summed E-state index contributed by atoms with van der Waals surface area (Å²) in [4.78, 5) is 28.4. The van der Waals surface area contributed by atoms with Crippen molar-refractivity contribution in [3.8, 4) is 0 Å². The molecule has 1 heterocycles. The van der Waals surface area contributed by atoms with Crippen LogP contribution in [0.15, 0.2) is 0 Å². The van der Waals surface area contributed by atoms with E-state index in [0.29, 0.717) is 45.7 Å². The second kappa shape index (κ2) is 8.76. The highest BCUT2D eigenvalue weighted by atomic mass is 16.4. The highest BCUT2D eigenvalue weighted by Gasteiger charge is 2.23. The van der Waals surface area contributed by atoms with Crippen molar-refractivity contribution in [1.29, 1.82) is 0 Å².